The number of methoxy groups -OCH3 is 1. The van der Waals surface area contributed by atoms with Gasteiger partial charge in [0.15, 0.2) is 12.6 Å². The summed E-state index contributed by atoms with van der Waals surface area (Å²) in [4.78, 5) is 14.2. The fourth-order valence-corrected chi connectivity index (χ4v) is 8.52. The average Bonchev–Trinajstić information content (AvgIpc) is 3.37. The number of hydrogen-bond acceptors (Lipinski definition) is 13. The number of esters is 1. The number of nitrogens with one attached hydrogen (secondary N) is 1. The van der Waals surface area contributed by atoms with Crippen LogP contribution in [0.3, 0.4) is 0 Å². The predicted molar refractivity (Wildman–Crippen MR) is 179 cm³/mol. The second-order valence-corrected chi connectivity index (χ2v) is 15.7. The van der Waals surface area contributed by atoms with Gasteiger partial charge >= 0.3 is 5.97 Å². The summed E-state index contributed by atoms with van der Waals surface area (Å²) in [5.74, 6) is -2.26. The molecule has 3 saturated heterocycles. The van der Waals surface area contributed by atoms with Crippen LogP contribution in [0.4, 0.5) is 0 Å². The Kier molecular flexibility index (Phi) is 12.6. The minimum Gasteiger partial charge on any atom is -0.488 e. The Bertz CT molecular complexity index is 1180. The van der Waals surface area contributed by atoms with Gasteiger partial charge in [-0.1, -0.05) is 20.8 Å². The Morgan fingerprint density at radius 2 is 1.73 bits per heavy atom. The maximum Gasteiger partial charge on any atom is 0.311 e. The number of aliphatic hydroxyl groups excluding tert-OH is 3. The fraction of sp³-hybridized carbons (Fsp3) is 0.917. The van der Waals surface area contributed by atoms with E-state index in [-0.39, 0.29) is 25.0 Å². The van der Waals surface area contributed by atoms with Crippen molar-refractivity contribution < 1.29 is 58.4 Å². The topological polar surface area (TPSA) is 175 Å². The van der Waals surface area contributed by atoms with E-state index in [1.165, 1.54) is 14.0 Å². The van der Waals surface area contributed by atoms with Crippen molar-refractivity contribution >= 4 is 5.97 Å². The monoisotopic (exact) mass is 701 g/mol. The SMILES string of the molecule is CC[C@@H](O)[C@@](C)(O)[C@H]1OC(=O)[C@H](C)[C@@H](OC2C[C@@](C)(OC)[C@@H](O)[C@H](C)O2)[C@H](C)[C@@H](O[C@@H]2O[C@H](C)C[C@H](NC)[C@H]2O)[C@@]2(C)CC(C)=C(O2)[C@@H]1C. The summed E-state index contributed by atoms with van der Waals surface area (Å²) in [6.45, 7) is 17.9. The zero-order valence-electron chi connectivity index (χ0n) is 31.5. The highest BCUT2D eigenvalue weighted by Gasteiger charge is 2.56. The lowest BCUT2D eigenvalue weighted by atomic mass is 9.78. The second kappa shape index (κ2) is 15.3. The summed E-state index contributed by atoms with van der Waals surface area (Å²) in [6.07, 6.45) is -7.29. The van der Waals surface area contributed by atoms with E-state index in [2.05, 4.69) is 5.32 Å². The molecule has 0 aromatic carbocycles. The van der Waals surface area contributed by atoms with Crippen LogP contribution in [0, 0.1) is 17.8 Å². The standard InChI is InChI=1S/C36H63NO12/c1-13-24(38)36(10,42)31-19(4)27-17(2)15-35(9,49-27)30(48-33-26(39)23(37-11)14-18(3)44-33)20(5)28(21(6)32(41)47-31)46-25-16-34(8,43-12)29(40)22(7)45-25/h18-26,28-31,33,37-40,42H,13-16H2,1-12H3/t18-,19+,20+,21-,22+,23+,24-,25?,26-,28+,29+,30-,31+,33+,34-,35-,36-/m1/s1. The van der Waals surface area contributed by atoms with Gasteiger partial charge in [-0.05, 0) is 73.9 Å². The molecule has 3 fully saturated rings. The third-order valence-electron chi connectivity index (χ3n) is 11.7. The molecule has 0 spiro atoms. The molecule has 13 heteroatoms. The molecule has 0 aromatic heterocycles. The number of carbonyl (C=O) groups is 1. The van der Waals surface area contributed by atoms with Crippen LogP contribution >= 0.6 is 0 Å². The predicted octanol–water partition coefficient (Wildman–Crippen LogP) is 2.55. The third-order valence-corrected chi connectivity index (χ3v) is 11.7. The molecule has 49 heavy (non-hydrogen) atoms. The van der Waals surface area contributed by atoms with Crippen LogP contribution in [0.25, 0.3) is 0 Å². The normalized spacial score (nSPS) is 47.1. The highest BCUT2D eigenvalue weighted by atomic mass is 16.7. The number of ether oxygens (including phenoxy) is 7. The van der Waals surface area contributed by atoms with Gasteiger partial charge in [-0.3, -0.25) is 4.79 Å². The smallest absolute Gasteiger partial charge is 0.311 e. The van der Waals surface area contributed by atoms with Gasteiger partial charge < -0.3 is 58.9 Å². The molecule has 2 bridgehead atoms. The van der Waals surface area contributed by atoms with Crippen molar-refractivity contribution in [3.8, 4) is 0 Å². The van der Waals surface area contributed by atoms with Crippen LogP contribution in [-0.2, 0) is 38.0 Å². The molecule has 4 rings (SSSR count). The highest BCUT2D eigenvalue weighted by Crippen LogP contribution is 2.48. The van der Waals surface area contributed by atoms with E-state index in [9.17, 15) is 25.2 Å². The Morgan fingerprint density at radius 3 is 2.33 bits per heavy atom. The minimum absolute atomic E-state index is 0.174. The molecule has 5 N–H and O–H groups in total. The fourth-order valence-electron chi connectivity index (χ4n) is 8.52. The Balaban J connectivity index is 1.82. The van der Waals surface area contributed by atoms with Crippen molar-refractivity contribution in [3.63, 3.8) is 0 Å². The summed E-state index contributed by atoms with van der Waals surface area (Å²) in [5, 5.41) is 48.1. The lowest BCUT2D eigenvalue weighted by Crippen LogP contribution is -2.60. The number of fused-ring (bicyclic) bond motifs is 2. The minimum atomic E-state index is -1.82. The Hall–Kier alpha value is -1.39. The molecule has 4 aliphatic rings. The van der Waals surface area contributed by atoms with E-state index in [0.29, 0.717) is 18.6 Å². The molecular weight excluding hydrogens is 638 g/mol. The van der Waals surface area contributed by atoms with Crippen LogP contribution < -0.4 is 5.32 Å². The van der Waals surface area contributed by atoms with Gasteiger partial charge in [0, 0.05) is 31.9 Å². The third kappa shape index (κ3) is 7.86. The van der Waals surface area contributed by atoms with E-state index in [1.807, 2.05) is 34.6 Å². The average molecular weight is 702 g/mol. The number of rotatable bonds is 9. The molecule has 13 nitrogen and oxygen atoms in total. The van der Waals surface area contributed by atoms with Crippen molar-refractivity contribution in [1.82, 2.24) is 5.32 Å². The first-order chi connectivity index (χ1) is 22.7. The molecule has 0 saturated carbocycles. The molecular formula is C36H63NO12. The first-order valence-corrected chi connectivity index (χ1v) is 17.9. The van der Waals surface area contributed by atoms with Gasteiger partial charge in [0.25, 0.3) is 0 Å². The zero-order chi connectivity index (χ0) is 36.8. The molecule has 4 aliphatic heterocycles. The first-order valence-electron chi connectivity index (χ1n) is 17.9. The number of aliphatic hydroxyl groups is 4. The van der Waals surface area contributed by atoms with Gasteiger partial charge in [-0.15, -0.1) is 0 Å². The van der Waals surface area contributed by atoms with Gasteiger partial charge in [0.1, 0.15) is 41.4 Å². The van der Waals surface area contributed by atoms with E-state index < -0.39 is 95.8 Å². The van der Waals surface area contributed by atoms with Gasteiger partial charge in [0.2, 0.25) is 0 Å². The van der Waals surface area contributed by atoms with E-state index >= 15 is 0 Å². The van der Waals surface area contributed by atoms with Crippen molar-refractivity contribution in [2.24, 2.45) is 17.8 Å². The number of cyclic esters (lactones) is 1. The lowest BCUT2D eigenvalue weighted by molar-refractivity contribution is -0.314. The molecule has 0 radical (unpaired) electrons. The highest BCUT2D eigenvalue weighted by molar-refractivity contribution is 5.73. The quantitative estimate of drug-likeness (QED) is 0.222. The zero-order valence-corrected chi connectivity index (χ0v) is 31.5. The first kappa shape index (κ1) is 40.4. The van der Waals surface area contributed by atoms with Gasteiger partial charge in [-0.25, -0.2) is 0 Å². The van der Waals surface area contributed by atoms with Crippen LogP contribution in [0.2, 0.25) is 0 Å². The van der Waals surface area contributed by atoms with Crippen LogP contribution in [0.1, 0.15) is 94.9 Å². The van der Waals surface area contributed by atoms with Gasteiger partial charge in [0.05, 0.1) is 41.9 Å². The molecule has 284 valence electrons. The molecule has 1 unspecified atom stereocenters. The van der Waals surface area contributed by atoms with Gasteiger partial charge in [-0.2, -0.15) is 0 Å². The second-order valence-electron chi connectivity index (χ2n) is 15.7. The molecule has 0 aliphatic carbocycles. The summed E-state index contributed by atoms with van der Waals surface area (Å²) >= 11 is 0. The van der Waals surface area contributed by atoms with Crippen molar-refractivity contribution in [2.75, 3.05) is 14.2 Å². The van der Waals surface area contributed by atoms with Crippen molar-refractivity contribution in [2.45, 2.75) is 179 Å². The molecule has 17 atom stereocenters. The van der Waals surface area contributed by atoms with Crippen molar-refractivity contribution in [3.05, 3.63) is 11.3 Å². The summed E-state index contributed by atoms with van der Waals surface area (Å²) in [7, 11) is 3.31. The summed E-state index contributed by atoms with van der Waals surface area (Å²) < 4.78 is 44.6. The number of hydrogen-bond donors (Lipinski definition) is 5. The summed E-state index contributed by atoms with van der Waals surface area (Å²) in [5.41, 5.74) is -2.95. The number of carbonyl (C=O) groups excluding carboxylic acids is 1. The maximum absolute atomic E-state index is 14.2. The molecule has 0 amide bonds. The van der Waals surface area contributed by atoms with E-state index in [1.54, 1.807) is 34.7 Å². The van der Waals surface area contributed by atoms with Crippen LogP contribution in [0.15, 0.2) is 11.3 Å². The number of likely N-dealkylation sites (N-methyl/N-ethyl adjacent to an activating group) is 1. The Morgan fingerprint density at radius 1 is 1.08 bits per heavy atom. The Labute approximate surface area is 291 Å². The molecule has 0 aromatic rings. The van der Waals surface area contributed by atoms with Crippen molar-refractivity contribution in [1.29, 1.82) is 0 Å². The molecule has 4 heterocycles. The van der Waals surface area contributed by atoms with Crippen LogP contribution in [0.5, 0.6) is 0 Å². The van der Waals surface area contributed by atoms with E-state index in [0.717, 1.165) is 5.57 Å². The maximum atomic E-state index is 14.2. The lowest BCUT2D eigenvalue weighted by Gasteiger charge is -2.48. The van der Waals surface area contributed by atoms with E-state index in [4.69, 9.17) is 33.2 Å². The van der Waals surface area contributed by atoms with Crippen LogP contribution in [-0.4, -0.2) is 125 Å². The largest absolute Gasteiger partial charge is 0.488 e. The summed E-state index contributed by atoms with van der Waals surface area (Å²) in [6, 6.07) is -0.274.